The zero-order valence-electron chi connectivity index (χ0n) is 8.96. The van der Waals surface area contributed by atoms with E-state index in [0.29, 0.717) is 0 Å². The van der Waals surface area contributed by atoms with Crippen LogP contribution in [0.2, 0.25) is 5.02 Å². The van der Waals surface area contributed by atoms with Crippen molar-refractivity contribution >= 4 is 50.1 Å². The first kappa shape index (κ1) is 14.8. The van der Waals surface area contributed by atoms with Crippen molar-refractivity contribution in [1.29, 1.82) is 10.5 Å². The minimum Gasteiger partial charge on any atom is -0.271 e. The minimum atomic E-state index is -0.738. The molecule has 0 aliphatic rings. The number of nitriles is 2. The molecule has 0 amide bonds. The van der Waals surface area contributed by atoms with Crippen LogP contribution in [0, 0.1) is 28.6 Å². The maximum Gasteiger partial charge on any atom is 0.183 e. The molecule has 0 spiro atoms. The van der Waals surface area contributed by atoms with Gasteiger partial charge in [-0.1, -0.05) is 23.4 Å². The first-order chi connectivity index (χ1) is 8.54. The van der Waals surface area contributed by atoms with Crippen LogP contribution in [0.15, 0.2) is 15.5 Å². The molecular weight excluding hydrogens is 343 g/mol. The summed E-state index contributed by atoms with van der Waals surface area (Å²) in [7, 11) is 0. The molecule has 0 bridgehead atoms. The summed E-state index contributed by atoms with van der Waals surface area (Å²) >= 11 is 10.0. The number of rotatable bonds is 1. The lowest BCUT2D eigenvalue weighted by Gasteiger charge is -2.06. The van der Waals surface area contributed by atoms with Gasteiger partial charge in [0.2, 0.25) is 0 Å². The van der Waals surface area contributed by atoms with Crippen LogP contribution >= 0.6 is 39.3 Å². The van der Waals surface area contributed by atoms with Gasteiger partial charge in [-0.05, 0) is 28.3 Å². The molecule has 1 aromatic carbocycles. The fourth-order valence-electron chi connectivity index (χ4n) is 1.07. The number of hydrogen-bond donors (Lipinski definition) is 1. The zero-order valence-corrected chi connectivity index (χ0v) is 12.1. The highest BCUT2D eigenvalue weighted by Gasteiger charge is 2.16. The van der Waals surface area contributed by atoms with Crippen LogP contribution in [0.1, 0.15) is 5.56 Å². The quantitative estimate of drug-likeness (QED) is 0.277. The first-order valence-electron chi connectivity index (χ1n) is 4.40. The van der Waals surface area contributed by atoms with Crippen LogP contribution in [-0.4, -0.2) is 11.4 Å². The fraction of sp³-hybridized carbons (Fsp3) is 0.100. The van der Waals surface area contributed by atoms with Gasteiger partial charge in [0.1, 0.15) is 17.3 Å². The second-order valence-corrected chi connectivity index (χ2v) is 4.90. The molecule has 0 aliphatic carbocycles. The van der Waals surface area contributed by atoms with E-state index in [1.165, 1.54) is 6.07 Å². The predicted octanol–water partition coefficient (Wildman–Crippen LogP) is 3.53. The van der Waals surface area contributed by atoms with Gasteiger partial charge in [-0.25, -0.2) is 9.38 Å². The number of nitrogens with one attached hydrogen (secondary N) is 1. The molecule has 92 valence electrons. The molecule has 0 aromatic heterocycles. The minimum absolute atomic E-state index is 0.00744. The molecule has 18 heavy (non-hydrogen) atoms. The molecule has 0 heterocycles. The van der Waals surface area contributed by atoms with Crippen LogP contribution < -0.4 is 5.32 Å². The number of halogens is 3. The Kier molecular flexibility index (Phi) is 5.42. The van der Waals surface area contributed by atoms with Crippen LogP contribution in [0.3, 0.4) is 0 Å². The zero-order chi connectivity index (χ0) is 13.7. The van der Waals surface area contributed by atoms with Gasteiger partial charge in [-0.15, -0.1) is 0 Å². The summed E-state index contributed by atoms with van der Waals surface area (Å²) in [4.78, 5) is 3.97. The Morgan fingerprint density at radius 3 is 2.78 bits per heavy atom. The summed E-state index contributed by atoms with van der Waals surface area (Å²) in [5, 5.41) is 20.1. The summed E-state index contributed by atoms with van der Waals surface area (Å²) in [5.41, 5.74) is -0.285. The van der Waals surface area contributed by atoms with Gasteiger partial charge in [-0.2, -0.15) is 10.5 Å². The maximum atomic E-state index is 13.7. The van der Waals surface area contributed by atoms with Gasteiger partial charge < -0.3 is 0 Å². The average molecular weight is 348 g/mol. The SMILES string of the molecule is CSC(=Nc1c(Cl)cc(Br)c(F)c1C#N)NC#N. The molecular formula is C10H5BrClFN4S. The van der Waals surface area contributed by atoms with Crippen LogP contribution in [0.4, 0.5) is 10.1 Å². The largest absolute Gasteiger partial charge is 0.271 e. The van der Waals surface area contributed by atoms with Crippen molar-refractivity contribution in [1.82, 2.24) is 5.32 Å². The molecule has 1 N–H and O–H groups in total. The summed E-state index contributed by atoms with van der Waals surface area (Å²) < 4.78 is 13.8. The average Bonchev–Trinajstić information content (AvgIpc) is 2.35. The van der Waals surface area contributed by atoms with Crippen molar-refractivity contribution in [3.8, 4) is 12.3 Å². The number of nitrogens with zero attached hydrogens (tertiary/aromatic N) is 3. The Labute approximate surface area is 121 Å². The van der Waals surface area contributed by atoms with Gasteiger partial charge in [0.25, 0.3) is 0 Å². The molecule has 0 unspecified atom stereocenters. The second-order valence-electron chi connectivity index (χ2n) is 2.85. The van der Waals surface area contributed by atoms with Gasteiger partial charge in [0.15, 0.2) is 17.2 Å². The lowest BCUT2D eigenvalue weighted by Crippen LogP contribution is -2.12. The number of aliphatic imine (C=N–C) groups is 1. The van der Waals surface area contributed by atoms with E-state index in [0.717, 1.165) is 11.8 Å². The third-order valence-electron chi connectivity index (χ3n) is 1.83. The van der Waals surface area contributed by atoms with Crippen LogP contribution in [0.25, 0.3) is 0 Å². The van der Waals surface area contributed by atoms with Crippen molar-refractivity contribution in [2.24, 2.45) is 4.99 Å². The number of amidine groups is 1. The summed E-state index contributed by atoms with van der Waals surface area (Å²) in [6, 6.07) is 3.01. The molecule has 1 rings (SSSR count). The van der Waals surface area contributed by atoms with E-state index in [4.69, 9.17) is 22.1 Å². The molecule has 8 heteroatoms. The van der Waals surface area contributed by atoms with Gasteiger partial charge in [-0.3, -0.25) is 5.32 Å². The van der Waals surface area contributed by atoms with E-state index in [1.807, 2.05) is 0 Å². The fourth-order valence-corrected chi connectivity index (χ4v) is 2.21. The van der Waals surface area contributed by atoms with Crippen LogP contribution in [-0.2, 0) is 0 Å². The summed E-state index contributed by atoms with van der Waals surface area (Å²) in [6.45, 7) is 0. The van der Waals surface area contributed by atoms with E-state index >= 15 is 0 Å². The molecule has 0 saturated heterocycles. The monoisotopic (exact) mass is 346 g/mol. The molecule has 0 radical (unpaired) electrons. The Bertz CT molecular complexity index is 591. The van der Waals surface area contributed by atoms with E-state index < -0.39 is 5.82 Å². The van der Waals surface area contributed by atoms with Crippen molar-refractivity contribution in [3.63, 3.8) is 0 Å². The highest BCUT2D eigenvalue weighted by atomic mass is 79.9. The number of thioether (sulfide) groups is 1. The van der Waals surface area contributed by atoms with E-state index in [9.17, 15) is 4.39 Å². The van der Waals surface area contributed by atoms with E-state index in [-0.39, 0.29) is 25.9 Å². The van der Waals surface area contributed by atoms with Gasteiger partial charge >= 0.3 is 0 Å². The lowest BCUT2D eigenvalue weighted by molar-refractivity contribution is 0.617. The first-order valence-corrected chi connectivity index (χ1v) is 6.80. The Balaban J connectivity index is 3.47. The van der Waals surface area contributed by atoms with Gasteiger partial charge in [0.05, 0.1) is 9.50 Å². The van der Waals surface area contributed by atoms with E-state index in [2.05, 4.69) is 26.2 Å². The smallest absolute Gasteiger partial charge is 0.183 e. The van der Waals surface area contributed by atoms with Crippen molar-refractivity contribution in [2.75, 3.05) is 6.26 Å². The molecule has 0 atom stereocenters. The van der Waals surface area contributed by atoms with Crippen molar-refractivity contribution in [2.45, 2.75) is 0 Å². The van der Waals surface area contributed by atoms with Crippen LogP contribution in [0.5, 0.6) is 0 Å². The Morgan fingerprint density at radius 1 is 1.61 bits per heavy atom. The van der Waals surface area contributed by atoms with E-state index in [1.54, 1.807) is 18.5 Å². The van der Waals surface area contributed by atoms with Crippen molar-refractivity contribution < 1.29 is 4.39 Å². The number of benzene rings is 1. The molecule has 0 saturated carbocycles. The Morgan fingerprint density at radius 2 is 2.28 bits per heavy atom. The standard InChI is InChI=1S/C10H5BrClFN4S/c1-18-10(16-4-15)17-9-5(3-14)8(13)6(11)2-7(9)12/h2H,1H3,(H,16,17). The third-order valence-corrected chi connectivity index (χ3v) is 3.27. The molecule has 4 nitrogen and oxygen atoms in total. The normalized spacial score (nSPS) is 10.7. The highest BCUT2D eigenvalue weighted by Crippen LogP contribution is 2.35. The maximum absolute atomic E-state index is 13.7. The molecule has 0 fully saturated rings. The van der Waals surface area contributed by atoms with Crippen molar-refractivity contribution in [3.05, 3.63) is 26.9 Å². The topological polar surface area (TPSA) is 72.0 Å². The third kappa shape index (κ3) is 3.14. The lowest BCUT2D eigenvalue weighted by atomic mass is 10.2. The van der Waals surface area contributed by atoms with Gasteiger partial charge in [0, 0.05) is 0 Å². The molecule has 0 aliphatic heterocycles. The molecule has 1 aromatic rings. The number of hydrogen-bond acceptors (Lipinski definition) is 4. The second kappa shape index (κ2) is 6.60. The highest BCUT2D eigenvalue weighted by molar-refractivity contribution is 9.10. The predicted molar refractivity (Wildman–Crippen MR) is 73.2 cm³/mol. The Hall–Kier alpha value is -1.28. The summed E-state index contributed by atoms with van der Waals surface area (Å²) in [5.74, 6) is -0.738. The summed E-state index contributed by atoms with van der Waals surface area (Å²) in [6.07, 6.45) is 3.37.